The van der Waals surface area contributed by atoms with Crippen molar-refractivity contribution in [2.75, 3.05) is 13.2 Å². The Morgan fingerprint density at radius 3 is 2.48 bits per heavy atom. The zero-order valence-corrected chi connectivity index (χ0v) is 14.4. The van der Waals surface area contributed by atoms with Gasteiger partial charge in [-0.2, -0.15) is 13.2 Å². The predicted octanol–water partition coefficient (Wildman–Crippen LogP) is 2.42. The van der Waals surface area contributed by atoms with Gasteiger partial charge >= 0.3 is 18.1 Å². The number of rotatable bonds is 7. The van der Waals surface area contributed by atoms with E-state index in [1.807, 2.05) is 6.20 Å². The standard InChI is InChI=1S/C15H20N2O3.C2HF3O2/c18-15(19)2-1-10-6-14(10)11-5-13(8-16-7-11)20-9-12-3-4-17-12;3-2(4,5)1(6)7/h5,7-8,10,12,14,17H,1-4,6,9H2,(H,18,19);(H,6,7)/t10-,12-,14-;/m0./s1. The molecule has 1 saturated heterocycles. The summed E-state index contributed by atoms with van der Waals surface area (Å²) in [5.74, 6) is -1.69. The number of carboxylic acids is 2. The number of carboxylic acid groups (broad SMARTS) is 2. The van der Waals surface area contributed by atoms with Crippen LogP contribution in [0.4, 0.5) is 13.2 Å². The first-order chi connectivity index (χ1) is 12.7. The maximum atomic E-state index is 10.6. The molecule has 1 aromatic heterocycles. The molecule has 1 saturated carbocycles. The van der Waals surface area contributed by atoms with Gasteiger partial charge in [0.1, 0.15) is 12.4 Å². The highest BCUT2D eigenvalue weighted by Gasteiger charge is 2.39. The van der Waals surface area contributed by atoms with Gasteiger partial charge in [-0.05, 0) is 49.3 Å². The van der Waals surface area contributed by atoms with Gasteiger partial charge in [0.05, 0.1) is 6.20 Å². The molecule has 3 N–H and O–H groups in total. The molecule has 0 bridgehead atoms. The normalized spacial score (nSPS) is 23.4. The Hall–Kier alpha value is -2.36. The molecule has 0 spiro atoms. The lowest BCUT2D eigenvalue weighted by Crippen LogP contribution is -2.46. The number of alkyl halides is 3. The lowest BCUT2D eigenvalue weighted by molar-refractivity contribution is -0.192. The lowest BCUT2D eigenvalue weighted by atomic mass is 10.1. The number of halogens is 3. The zero-order valence-electron chi connectivity index (χ0n) is 14.4. The fourth-order valence-corrected chi connectivity index (χ4v) is 2.69. The van der Waals surface area contributed by atoms with Crippen LogP contribution in [0.15, 0.2) is 18.5 Å². The predicted molar refractivity (Wildman–Crippen MR) is 87.5 cm³/mol. The number of carbonyl (C=O) groups is 2. The molecule has 3 rings (SSSR count). The molecule has 0 radical (unpaired) electrons. The van der Waals surface area contributed by atoms with Crippen molar-refractivity contribution in [3.63, 3.8) is 0 Å². The summed E-state index contributed by atoms with van der Waals surface area (Å²) in [6.45, 7) is 1.78. The van der Waals surface area contributed by atoms with Crippen LogP contribution in [0.3, 0.4) is 0 Å². The van der Waals surface area contributed by atoms with Crippen LogP contribution in [-0.2, 0) is 9.59 Å². The fraction of sp³-hybridized carbons (Fsp3) is 0.588. The number of aliphatic carboxylic acids is 2. The molecular formula is C17H21F3N2O5. The van der Waals surface area contributed by atoms with Crippen molar-refractivity contribution in [2.24, 2.45) is 5.92 Å². The molecule has 0 amide bonds. The molecule has 1 aliphatic carbocycles. The summed E-state index contributed by atoms with van der Waals surface area (Å²) in [6, 6.07) is 2.53. The van der Waals surface area contributed by atoms with Crippen molar-refractivity contribution in [1.29, 1.82) is 0 Å². The smallest absolute Gasteiger partial charge is 0.490 e. The van der Waals surface area contributed by atoms with Gasteiger partial charge in [0, 0.05) is 18.7 Å². The van der Waals surface area contributed by atoms with Gasteiger partial charge in [0.25, 0.3) is 0 Å². The summed E-state index contributed by atoms with van der Waals surface area (Å²) in [5, 5.41) is 19.1. The Labute approximate surface area is 153 Å². The Morgan fingerprint density at radius 1 is 1.30 bits per heavy atom. The van der Waals surface area contributed by atoms with Gasteiger partial charge in [-0.25, -0.2) is 4.79 Å². The number of hydrogen-bond acceptors (Lipinski definition) is 5. The molecule has 0 aromatic carbocycles. The zero-order chi connectivity index (χ0) is 20.0. The van der Waals surface area contributed by atoms with Crippen LogP contribution < -0.4 is 10.1 Å². The summed E-state index contributed by atoms with van der Waals surface area (Å²) in [7, 11) is 0. The molecule has 1 aromatic rings. The van der Waals surface area contributed by atoms with Gasteiger partial charge in [-0.3, -0.25) is 9.78 Å². The number of hydrogen-bond donors (Lipinski definition) is 3. The van der Waals surface area contributed by atoms with Crippen LogP contribution in [-0.4, -0.2) is 52.5 Å². The van der Waals surface area contributed by atoms with Gasteiger partial charge in [0.2, 0.25) is 0 Å². The third kappa shape index (κ3) is 7.05. The van der Waals surface area contributed by atoms with Crippen molar-refractivity contribution in [1.82, 2.24) is 10.3 Å². The highest BCUT2D eigenvalue weighted by molar-refractivity contribution is 5.73. The summed E-state index contributed by atoms with van der Waals surface area (Å²) >= 11 is 0. The van der Waals surface area contributed by atoms with Crippen LogP contribution in [0.5, 0.6) is 5.75 Å². The highest BCUT2D eigenvalue weighted by Crippen LogP contribution is 2.50. The van der Waals surface area contributed by atoms with Crippen molar-refractivity contribution in [3.05, 3.63) is 24.0 Å². The van der Waals surface area contributed by atoms with Crippen LogP contribution in [0.1, 0.15) is 37.2 Å². The monoisotopic (exact) mass is 390 g/mol. The van der Waals surface area contributed by atoms with E-state index in [2.05, 4.69) is 16.4 Å². The molecule has 0 unspecified atom stereocenters. The Morgan fingerprint density at radius 2 is 1.96 bits per heavy atom. The van der Waals surface area contributed by atoms with E-state index in [1.54, 1.807) is 6.20 Å². The molecule has 150 valence electrons. The number of aromatic nitrogens is 1. The Kier molecular flexibility index (Phi) is 7.00. The highest BCUT2D eigenvalue weighted by atomic mass is 19.4. The first-order valence-electron chi connectivity index (χ1n) is 8.50. The third-order valence-electron chi connectivity index (χ3n) is 4.43. The fourth-order valence-electron chi connectivity index (χ4n) is 2.69. The van der Waals surface area contributed by atoms with E-state index in [-0.39, 0.29) is 6.42 Å². The lowest BCUT2D eigenvalue weighted by Gasteiger charge is -2.27. The van der Waals surface area contributed by atoms with E-state index in [1.165, 1.54) is 12.0 Å². The minimum Gasteiger partial charge on any atom is -0.490 e. The van der Waals surface area contributed by atoms with E-state index in [0.29, 0.717) is 24.5 Å². The summed E-state index contributed by atoms with van der Waals surface area (Å²) in [6.07, 6.45) is 1.81. The second-order valence-electron chi connectivity index (χ2n) is 6.54. The molecule has 2 heterocycles. The largest absolute Gasteiger partial charge is 0.490 e. The van der Waals surface area contributed by atoms with E-state index in [9.17, 15) is 18.0 Å². The van der Waals surface area contributed by atoms with Gasteiger partial charge < -0.3 is 20.3 Å². The van der Waals surface area contributed by atoms with Crippen LogP contribution in [0, 0.1) is 5.92 Å². The molecule has 10 heteroatoms. The van der Waals surface area contributed by atoms with E-state index in [0.717, 1.165) is 25.1 Å². The number of nitrogens with one attached hydrogen (secondary N) is 1. The average Bonchev–Trinajstić information content (AvgIpc) is 3.31. The topological polar surface area (TPSA) is 109 Å². The van der Waals surface area contributed by atoms with Crippen LogP contribution in [0.2, 0.25) is 0 Å². The van der Waals surface area contributed by atoms with E-state index >= 15 is 0 Å². The minimum absolute atomic E-state index is 0.262. The van der Waals surface area contributed by atoms with Gasteiger partial charge in [0.15, 0.2) is 0 Å². The van der Waals surface area contributed by atoms with Crippen molar-refractivity contribution in [3.8, 4) is 5.75 Å². The molecule has 27 heavy (non-hydrogen) atoms. The molecule has 7 nitrogen and oxygen atoms in total. The quantitative estimate of drug-likeness (QED) is 0.656. The molecule has 3 atom stereocenters. The van der Waals surface area contributed by atoms with Gasteiger partial charge in [-0.1, -0.05) is 0 Å². The minimum atomic E-state index is -5.08. The molecule has 2 fully saturated rings. The van der Waals surface area contributed by atoms with E-state index < -0.39 is 18.1 Å². The van der Waals surface area contributed by atoms with E-state index in [4.69, 9.17) is 19.7 Å². The van der Waals surface area contributed by atoms with Crippen molar-refractivity contribution < 1.29 is 37.7 Å². The molecule has 1 aliphatic heterocycles. The number of pyridine rings is 1. The summed E-state index contributed by atoms with van der Waals surface area (Å²) < 4.78 is 37.5. The second kappa shape index (κ2) is 9.03. The van der Waals surface area contributed by atoms with Crippen molar-refractivity contribution in [2.45, 2.75) is 43.8 Å². The SMILES string of the molecule is O=C(O)C(F)(F)F.O=C(O)CC[C@H]1C[C@@H]1c1cncc(OC[C@@H]2CCN2)c1. The average molecular weight is 390 g/mol. The summed E-state index contributed by atoms with van der Waals surface area (Å²) in [4.78, 5) is 23.7. The molecular weight excluding hydrogens is 369 g/mol. The first-order valence-corrected chi connectivity index (χ1v) is 8.50. The van der Waals surface area contributed by atoms with Crippen LogP contribution in [0.25, 0.3) is 0 Å². The van der Waals surface area contributed by atoms with Gasteiger partial charge in [-0.15, -0.1) is 0 Å². The number of ether oxygens (including phenoxy) is 1. The van der Waals surface area contributed by atoms with Crippen LogP contribution >= 0.6 is 0 Å². The molecule has 2 aliphatic rings. The van der Waals surface area contributed by atoms with Crippen molar-refractivity contribution >= 4 is 11.9 Å². The maximum Gasteiger partial charge on any atom is 0.490 e. The second-order valence-corrected chi connectivity index (χ2v) is 6.54. The Balaban J connectivity index is 0.000000321. The Bertz CT molecular complexity index is 664. The first kappa shape index (κ1) is 20.9. The third-order valence-corrected chi connectivity index (χ3v) is 4.43. The maximum absolute atomic E-state index is 10.6. The summed E-state index contributed by atoms with van der Waals surface area (Å²) in [5.41, 5.74) is 1.18. The number of nitrogens with zero attached hydrogens (tertiary/aromatic N) is 1.